The molecule has 1 fully saturated rings. The van der Waals surface area contributed by atoms with Gasteiger partial charge in [0, 0.05) is 47.3 Å². The molecular weight excluding hydrogens is 320 g/mol. The van der Waals surface area contributed by atoms with E-state index in [2.05, 4.69) is 47.8 Å². The number of H-pyrrole nitrogens is 1. The molecule has 1 aromatic heterocycles. The molecule has 0 amide bonds. The van der Waals surface area contributed by atoms with Crippen LogP contribution in [0.3, 0.4) is 0 Å². The third-order valence-electron chi connectivity index (χ3n) is 5.87. The molecular formula is C19H24N2O2S. The Bertz CT molecular complexity index is 785. The van der Waals surface area contributed by atoms with Gasteiger partial charge < -0.3 is 14.6 Å². The molecule has 4 nitrogen and oxygen atoms in total. The average molecular weight is 344 g/mol. The van der Waals surface area contributed by atoms with E-state index in [1.54, 1.807) is 0 Å². The van der Waals surface area contributed by atoms with Crippen molar-refractivity contribution in [2.45, 2.75) is 37.0 Å². The van der Waals surface area contributed by atoms with Gasteiger partial charge in [-0.15, -0.1) is 0 Å². The Labute approximate surface area is 148 Å². The second-order valence-corrected chi connectivity index (χ2v) is 7.53. The zero-order valence-corrected chi connectivity index (χ0v) is 15.1. The van der Waals surface area contributed by atoms with Crippen molar-refractivity contribution in [3.05, 3.63) is 35.0 Å². The van der Waals surface area contributed by atoms with E-state index in [9.17, 15) is 4.79 Å². The fourth-order valence-corrected chi connectivity index (χ4v) is 5.09. The lowest BCUT2D eigenvalue weighted by Gasteiger charge is -2.45. The van der Waals surface area contributed by atoms with Crippen molar-refractivity contribution < 1.29 is 9.53 Å². The maximum atomic E-state index is 11.7. The van der Waals surface area contributed by atoms with E-state index in [1.165, 1.54) is 34.8 Å². The van der Waals surface area contributed by atoms with E-state index >= 15 is 0 Å². The van der Waals surface area contributed by atoms with Crippen molar-refractivity contribution in [3.8, 4) is 0 Å². The zero-order chi connectivity index (χ0) is 16.8. The summed E-state index contributed by atoms with van der Waals surface area (Å²) in [5, 5.41) is 1.40. The molecule has 128 valence electrons. The molecule has 0 bridgehead atoms. The second kappa shape index (κ2) is 6.12. The van der Waals surface area contributed by atoms with Gasteiger partial charge >= 0.3 is 5.97 Å². The van der Waals surface area contributed by atoms with Gasteiger partial charge in [0.05, 0.1) is 7.11 Å². The Hall–Kier alpha value is -1.46. The normalized spacial score (nSPS) is 26.4. The molecule has 1 aliphatic carbocycles. The van der Waals surface area contributed by atoms with E-state index in [4.69, 9.17) is 4.74 Å². The number of carbonyl (C=O) groups is 1. The highest BCUT2D eigenvalue weighted by atomic mass is 32.1. The van der Waals surface area contributed by atoms with E-state index in [0.29, 0.717) is 24.3 Å². The summed E-state index contributed by atoms with van der Waals surface area (Å²) in [7, 11) is 3.67. The topological polar surface area (TPSA) is 45.3 Å². The largest absolute Gasteiger partial charge is 0.469 e. The van der Waals surface area contributed by atoms with Crippen LogP contribution in [0.25, 0.3) is 10.9 Å². The van der Waals surface area contributed by atoms with Gasteiger partial charge in [-0.2, -0.15) is 12.6 Å². The SMILES string of the molecule is COC(=O)CC1C[C@@H]2c3cccc4[nH]c(CS)c(c34)C[C@H]2N(C)C1. The molecule has 2 aliphatic rings. The van der Waals surface area contributed by atoms with Crippen molar-refractivity contribution >= 4 is 29.5 Å². The van der Waals surface area contributed by atoms with Crippen molar-refractivity contribution in [1.29, 1.82) is 0 Å². The minimum absolute atomic E-state index is 0.0967. The Morgan fingerprint density at radius 1 is 1.46 bits per heavy atom. The summed E-state index contributed by atoms with van der Waals surface area (Å²) in [5.41, 5.74) is 5.35. The average Bonchev–Trinajstić information content (AvgIpc) is 2.95. The summed E-state index contributed by atoms with van der Waals surface area (Å²) in [6.07, 6.45) is 2.64. The molecule has 1 unspecified atom stereocenters. The van der Waals surface area contributed by atoms with Crippen LogP contribution in [0.15, 0.2) is 18.2 Å². The smallest absolute Gasteiger partial charge is 0.305 e. The molecule has 0 radical (unpaired) electrons. The van der Waals surface area contributed by atoms with Crippen LogP contribution in [-0.2, 0) is 21.7 Å². The van der Waals surface area contributed by atoms with Gasteiger partial charge in [-0.3, -0.25) is 4.79 Å². The van der Waals surface area contributed by atoms with Crippen LogP contribution >= 0.6 is 12.6 Å². The van der Waals surface area contributed by atoms with Crippen molar-refractivity contribution in [1.82, 2.24) is 9.88 Å². The molecule has 1 aromatic carbocycles. The second-order valence-electron chi connectivity index (χ2n) is 7.21. The van der Waals surface area contributed by atoms with E-state index in [-0.39, 0.29) is 5.97 Å². The highest BCUT2D eigenvalue weighted by Crippen LogP contribution is 2.46. The summed E-state index contributed by atoms with van der Waals surface area (Å²) in [5.74, 6) is 1.50. The van der Waals surface area contributed by atoms with E-state index in [0.717, 1.165) is 25.1 Å². The van der Waals surface area contributed by atoms with E-state index < -0.39 is 0 Å². The third kappa shape index (κ3) is 2.45. The number of likely N-dealkylation sites (tertiary alicyclic amines) is 1. The molecule has 0 saturated carbocycles. The Kier molecular flexibility index (Phi) is 4.09. The first-order valence-electron chi connectivity index (χ1n) is 8.62. The first kappa shape index (κ1) is 16.0. The Morgan fingerprint density at radius 2 is 2.29 bits per heavy atom. The van der Waals surface area contributed by atoms with Gasteiger partial charge in [0.15, 0.2) is 0 Å². The van der Waals surface area contributed by atoms with Crippen molar-refractivity contribution in [2.75, 3.05) is 20.7 Å². The van der Waals surface area contributed by atoms with Gasteiger partial charge in [-0.25, -0.2) is 0 Å². The number of aromatic nitrogens is 1. The number of likely N-dealkylation sites (N-methyl/N-ethyl adjacent to an activating group) is 1. The van der Waals surface area contributed by atoms with Crippen LogP contribution in [-0.4, -0.2) is 42.6 Å². The van der Waals surface area contributed by atoms with Crippen LogP contribution in [0.1, 0.15) is 35.6 Å². The summed E-state index contributed by atoms with van der Waals surface area (Å²) in [4.78, 5) is 17.7. The zero-order valence-electron chi connectivity index (χ0n) is 14.2. The molecule has 4 rings (SSSR count). The Balaban J connectivity index is 1.74. The number of ether oxygens (including phenoxy) is 1. The van der Waals surface area contributed by atoms with Crippen molar-refractivity contribution in [2.24, 2.45) is 5.92 Å². The molecule has 2 heterocycles. The number of hydrogen-bond acceptors (Lipinski definition) is 4. The highest BCUT2D eigenvalue weighted by molar-refractivity contribution is 7.79. The number of nitrogens with zero attached hydrogens (tertiary/aromatic N) is 1. The number of esters is 1. The summed E-state index contributed by atoms with van der Waals surface area (Å²) < 4.78 is 4.89. The van der Waals surface area contributed by atoms with E-state index in [1.807, 2.05) is 0 Å². The summed E-state index contributed by atoms with van der Waals surface area (Å²) in [6, 6.07) is 7.08. The van der Waals surface area contributed by atoms with Gasteiger partial charge in [0.2, 0.25) is 0 Å². The van der Waals surface area contributed by atoms with Crippen molar-refractivity contribution in [3.63, 3.8) is 0 Å². The standard InChI is InChI=1S/C19H24N2O2S/c1-21-9-11(7-18(22)23-2)6-13-12-4-3-5-15-19(12)14(8-17(13)21)16(10-24)20-15/h3-5,11,13,17,20,24H,6-10H2,1-2H3/t11?,13-,17-/m1/s1. The predicted octanol–water partition coefficient (Wildman–Crippen LogP) is 3.12. The lowest BCUT2D eigenvalue weighted by atomic mass is 9.71. The first-order chi connectivity index (χ1) is 11.6. The van der Waals surface area contributed by atoms with Gasteiger partial charge in [0.25, 0.3) is 0 Å². The van der Waals surface area contributed by atoms with Crippen LogP contribution in [0.5, 0.6) is 0 Å². The van der Waals surface area contributed by atoms with Gasteiger partial charge in [-0.05, 0) is 43.0 Å². The van der Waals surface area contributed by atoms with Gasteiger partial charge in [0.1, 0.15) is 0 Å². The molecule has 1 aliphatic heterocycles. The molecule has 5 heteroatoms. The number of hydrogen-bond donors (Lipinski definition) is 2. The fraction of sp³-hybridized carbons (Fsp3) is 0.526. The minimum Gasteiger partial charge on any atom is -0.469 e. The number of piperidine rings is 1. The number of fused-ring (bicyclic) bond motifs is 2. The Morgan fingerprint density at radius 3 is 3.04 bits per heavy atom. The number of thiol groups is 1. The molecule has 1 N–H and O–H groups in total. The summed E-state index contributed by atoms with van der Waals surface area (Å²) >= 11 is 4.51. The molecule has 1 saturated heterocycles. The molecule has 3 atom stereocenters. The maximum Gasteiger partial charge on any atom is 0.305 e. The fourth-order valence-electron chi connectivity index (χ4n) is 4.82. The minimum atomic E-state index is -0.0967. The summed E-state index contributed by atoms with van der Waals surface area (Å²) in [6.45, 7) is 0.961. The van der Waals surface area contributed by atoms with Crippen LogP contribution in [0, 0.1) is 5.92 Å². The number of carbonyl (C=O) groups excluding carboxylic acids is 1. The van der Waals surface area contributed by atoms with Gasteiger partial charge in [-0.1, -0.05) is 12.1 Å². The highest BCUT2D eigenvalue weighted by Gasteiger charge is 2.40. The monoisotopic (exact) mass is 344 g/mol. The van der Waals surface area contributed by atoms with Crippen LogP contribution < -0.4 is 0 Å². The molecule has 2 aromatic rings. The lowest BCUT2D eigenvalue weighted by Crippen LogP contribution is -2.48. The lowest BCUT2D eigenvalue weighted by molar-refractivity contribution is -0.142. The molecule has 0 spiro atoms. The number of nitrogens with one attached hydrogen (secondary N) is 1. The maximum absolute atomic E-state index is 11.7. The number of benzene rings is 1. The van der Waals surface area contributed by atoms with Crippen LogP contribution in [0.2, 0.25) is 0 Å². The molecule has 24 heavy (non-hydrogen) atoms. The number of aromatic amines is 1. The quantitative estimate of drug-likeness (QED) is 0.664. The third-order valence-corrected chi connectivity index (χ3v) is 6.18. The number of rotatable bonds is 3. The first-order valence-corrected chi connectivity index (χ1v) is 9.25. The predicted molar refractivity (Wildman–Crippen MR) is 98.6 cm³/mol. The van der Waals surface area contributed by atoms with Crippen LogP contribution in [0.4, 0.5) is 0 Å². The number of methoxy groups -OCH3 is 1.